The van der Waals surface area contributed by atoms with Crippen LogP contribution >= 0.6 is 0 Å². The minimum Gasteiger partial charge on any atom is -0.452 e. The van der Waals surface area contributed by atoms with Crippen LogP contribution in [-0.2, 0) is 20.9 Å². The van der Waals surface area contributed by atoms with E-state index in [1.54, 1.807) is 12.3 Å². The summed E-state index contributed by atoms with van der Waals surface area (Å²) in [7, 11) is 0. The maximum Gasteiger partial charge on any atom is 0.331 e. The highest BCUT2D eigenvalue weighted by molar-refractivity contribution is 5.93. The molecule has 0 aliphatic rings. The maximum atomic E-state index is 11.8. The molecule has 3 aromatic rings. The summed E-state index contributed by atoms with van der Waals surface area (Å²) in [5, 5.41) is 3.69. The van der Waals surface area contributed by atoms with E-state index in [9.17, 15) is 9.59 Å². The molecule has 1 aromatic heterocycles. The van der Waals surface area contributed by atoms with E-state index in [4.69, 9.17) is 4.74 Å². The van der Waals surface area contributed by atoms with Crippen LogP contribution in [0.5, 0.6) is 0 Å². The fourth-order valence-corrected chi connectivity index (χ4v) is 2.45. The largest absolute Gasteiger partial charge is 0.452 e. The van der Waals surface area contributed by atoms with Crippen LogP contribution < -0.4 is 5.32 Å². The molecule has 1 N–H and O–H groups in total. The zero-order valence-corrected chi connectivity index (χ0v) is 14.1. The van der Waals surface area contributed by atoms with Gasteiger partial charge in [0.05, 0.1) is 5.52 Å². The fourth-order valence-electron chi connectivity index (χ4n) is 2.45. The van der Waals surface area contributed by atoms with Crippen molar-refractivity contribution in [2.75, 3.05) is 6.61 Å². The third kappa shape index (κ3) is 4.77. The van der Waals surface area contributed by atoms with Gasteiger partial charge in [0, 0.05) is 29.8 Å². The van der Waals surface area contributed by atoms with E-state index in [0.29, 0.717) is 6.54 Å². The van der Waals surface area contributed by atoms with Gasteiger partial charge in [-0.05, 0) is 17.7 Å². The molecule has 3 rings (SSSR count). The number of esters is 1. The number of nitrogens with zero attached hydrogens (tertiary/aromatic N) is 1. The van der Waals surface area contributed by atoms with E-state index in [1.807, 2.05) is 60.7 Å². The second kappa shape index (κ2) is 8.58. The van der Waals surface area contributed by atoms with Gasteiger partial charge in [-0.15, -0.1) is 0 Å². The van der Waals surface area contributed by atoms with Crippen LogP contribution in [0.25, 0.3) is 17.0 Å². The first-order valence-corrected chi connectivity index (χ1v) is 8.21. The number of fused-ring (bicyclic) bond motifs is 1. The van der Waals surface area contributed by atoms with Crippen molar-refractivity contribution in [1.29, 1.82) is 0 Å². The minimum absolute atomic E-state index is 0.316. The monoisotopic (exact) mass is 346 g/mol. The number of para-hydroxylation sites is 1. The first-order valence-electron chi connectivity index (χ1n) is 8.21. The predicted molar refractivity (Wildman–Crippen MR) is 100 cm³/mol. The molecule has 26 heavy (non-hydrogen) atoms. The van der Waals surface area contributed by atoms with Crippen LogP contribution in [0.3, 0.4) is 0 Å². The average molecular weight is 346 g/mol. The summed E-state index contributed by atoms with van der Waals surface area (Å²) < 4.78 is 4.97. The number of benzene rings is 2. The number of amides is 1. The molecule has 0 saturated carbocycles. The summed E-state index contributed by atoms with van der Waals surface area (Å²) in [6.45, 7) is 0.0819. The second-order valence-corrected chi connectivity index (χ2v) is 5.63. The molecule has 0 aliphatic carbocycles. The maximum absolute atomic E-state index is 11.8. The van der Waals surface area contributed by atoms with Crippen molar-refractivity contribution in [1.82, 2.24) is 10.3 Å². The van der Waals surface area contributed by atoms with E-state index in [-0.39, 0.29) is 12.5 Å². The minimum atomic E-state index is -0.576. The second-order valence-electron chi connectivity index (χ2n) is 5.63. The SMILES string of the molecule is O=C(COC(=O)/C=C/c1cccc2cccnc12)NCc1ccccc1. The van der Waals surface area contributed by atoms with Gasteiger partial charge in [0.15, 0.2) is 6.61 Å². The van der Waals surface area contributed by atoms with Crippen LogP contribution in [-0.4, -0.2) is 23.5 Å². The number of nitrogens with one attached hydrogen (secondary N) is 1. The third-order valence-corrected chi connectivity index (χ3v) is 3.74. The van der Waals surface area contributed by atoms with E-state index in [1.165, 1.54) is 6.08 Å². The lowest BCUT2D eigenvalue weighted by molar-refractivity contribution is -0.143. The Morgan fingerprint density at radius 3 is 2.65 bits per heavy atom. The normalized spacial score (nSPS) is 10.8. The Balaban J connectivity index is 1.50. The quantitative estimate of drug-likeness (QED) is 0.550. The highest BCUT2D eigenvalue weighted by atomic mass is 16.5. The van der Waals surface area contributed by atoms with Crippen molar-refractivity contribution in [3.8, 4) is 0 Å². The molecule has 1 heterocycles. The number of rotatable bonds is 6. The Bertz CT molecular complexity index is 931. The Morgan fingerprint density at radius 1 is 1.00 bits per heavy atom. The van der Waals surface area contributed by atoms with Crippen molar-refractivity contribution in [2.45, 2.75) is 6.54 Å². The molecule has 0 unspecified atom stereocenters. The van der Waals surface area contributed by atoms with E-state index in [0.717, 1.165) is 22.0 Å². The smallest absolute Gasteiger partial charge is 0.331 e. The van der Waals surface area contributed by atoms with Gasteiger partial charge >= 0.3 is 5.97 Å². The van der Waals surface area contributed by atoms with Gasteiger partial charge in [-0.2, -0.15) is 0 Å². The van der Waals surface area contributed by atoms with Crippen LogP contribution in [0, 0.1) is 0 Å². The fraction of sp³-hybridized carbons (Fsp3) is 0.0952. The summed E-state index contributed by atoms with van der Waals surface area (Å²) in [6.07, 6.45) is 4.64. The molecule has 1 amide bonds. The summed E-state index contributed by atoms with van der Waals surface area (Å²) in [5.41, 5.74) is 2.60. The molecule has 0 fully saturated rings. The van der Waals surface area contributed by atoms with Gasteiger partial charge < -0.3 is 10.1 Å². The molecule has 0 bridgehead atoms. The van der Waals surface area contributed by atoms with Crippen LogP contribution in [0.2, 0.25) is 0 Å². The first kappa shape index (κ1) is 17.4. The molecular weight excluding hydrogens is 328 g/mol. The lowest BCUT2D eigenvalue weighted by Gasteiger charge is -2.05. The standard InChI is InChI=1S/C21H18N2O3/c24-19(23-14-16-6-2-1-3-7-16)15-26-20(25)12-11-18-9-4-8-17-10-5-13-22-21(17)18/h1-13H,14-15H2,(H,23,24)/b12-11+. The molecule has 5 nitrogen and oxygen atoms in total. The lowest BCUT2D eigenvalue weighted by atomic mass is 10.1. The van der Waals surface area contributed by atoms with E-state index >= 15 is 0 Å². The van der Waals surface area contributed by atoms with Crippen molar-refractivity contribution in [3.63, 3.8) is 0 Å². The third-order valence-electron chi connectivity index (χ3n) is 3.74. The van der Waals surface area contributed by atoms with Gasteiger partial charge in [0.1, 0.15) is 0 Å². The zero-order valence-electron chi connectivity index (χ0n) is 14.1. The zero-order chi connectivity index (χ0) is 18.2. The molecule has 5 heteroatoms. The van der Waals surface area contributed by atoms with Crippen molar-refractivity contribution in [2.24, 2.45) is 0 Å². The summed E-state index contributed by atoms with van der Waals surface area (Å²) in [5.74, 6) is -0.921. The summed E-state index contributed by atoms with van der Waals surface area (Å²) >= 11 is 0. The van der Waals surface area contributed by atoms with Crippen molar-refractivity contribution < 1.29 is 14.3 Å². The molecule has 0 saturated heterocycles. The Kier molecular flexibility index (Phi) is 5.72. The number of hydrogen-bond donors (Lipinski definition) is 1. The Hall–Kier alpha value is -3.47. The first-order chi connectivity index (χ1) is 12.7. The van der Waals surface area contributed by atoms with Gasteiger partial charge in [-0.1, -0.05) is 54.6 Å². The molecule has 0 spiro atoms. The van der Waals surface area contributed by atoms with E-state index < -0.39 is 5.97 Å². The number of hydrogen-bond acceptors (Lipinski definition) is 4. The number of pyridine rings is 1. The van der Waals surface area contributed by atoms with Gasteiger partial charge in [-0.25, -0.2) is 4.79 Å². The Morgan fingerprint density at radius 2 is 1.81 bits per heavy atom. The van der Waals surface area contributed by atoms with E-state index in [2.05, 4.69) is 10.3 Å². The van der Waals surface area contributed by atoms with Gasteiger partial charge in [0.25, 0.3) is 5.91 Å². The molecule has 0 atom stereocenters. The average Bonchev–Trinajstić information content (AvgIpc) is 2.70. The molecule has 130 valence electrons. The van der Waals surface area contributed by atoms with Crippen molar-refractivity contribution in [3.05, 3.63) is 84.1 Å². The highest BCUT2D eigenvalue weighted by Gasteiger charge is 2.05. The van der Waals surface area contributed by atoms with Gasteiger partial charge in [-0.3, -0.25) is 9.78 Å². The number of carbonyl (C=O) groups excluding carboxylic acids is 2. The molecular formula is C21H18N2O3. The van der Waals surface area contributed by atoms with Crippen LogP contribution in [0.1, 0.15) is 11.1 Å². The summed E-state index contributed by atoms with van der Waals surface area (Å²) in [6, 6.07) is 19.0. The van der Waals surface area contributed by atoms with Crippen LogP contribution in [0.4, 0.5) is 0 Å². The number of carbonyl (C=O) groups is 2. The lowest BCUT2D eigenvalue weighted by Crippen LogP contribution is -2.28. The molecule has 2 aromatic carbocycles. The molecule has 0 radical (unpaired) electrons. The summed E-state index contributed by atoms with van der Waals surface area (Å²) in [4.78, 5) is 27.9. The van der Waals surface area contributed by atoms with Crippen LogP contribution in [0.15, 0.2) is 72.9 Å². The topological polar surface area (TPSA) is 68.3 Å². The number of ether oxygens (including phenoxy) is 1. The highest BCUT2D eigenvalue weighted by Crippen LogP contribution is 2.17. The predicted octanol–water partition coefficient (Wildman–Crippen LogP) is 3.11. The molecule has 0 aliphatic heterocycles. The van der Waals surface area contributed by atoms with Crippen molar-refractivity contribution >= 4 is 28.9 Å². The van der Waals surface area contributed by atoms with Gasteiger partial charge in [0.2, 0.25) is 0 Å². The number of aromatic nitrogens is 1. The Labute approximate surface area is 151 Å².